The van der Waals surface area contributed by atoms with Gasteiger partial charge in [-0.15, -0.1) is 0 Å². The van der Waals surface area contributed by atoms with E-state index in [1.807, 2.05) is 6.07 Å². The first-order valence-corrected chi connectivity index (χ1v) is 6.79. The van der Waals surface area contributed by atoms with Crippen molar-refractivity contribution in [1.82, 2.24) is 10.2 Å². The van der Waals surface area contributed by atoms with Gasteiger partial charge in [-0.2, -0.15) is 0 Å². The van der Waals surface area contributed by atoms with Crippen molar-refractivity contribution in [2.45, 2.75) is 25.4 Å². The maximum absolute atomic E-state index is 10.9. The quantitative estimate of drug-likeness (QED) is 0.681. The predicted octanol–water partition coefficient (Wildman–Crippen LogP) is 2.43. The zero-order valence-electron chi connectivity index (χ0n) is 10.9. The second-order valence-electron chi connectivity index (χ2n) is 4.94. The lowest BCUT2D eigenvalue weighted by Crippen LogP contribution is -2.40. The van der Waals surface area contributed by atoms with Gasteiger partial charge in [0.1, 0.15) is 5.02 Å². The minimum atomic E-state index is -0.434. The van der Waals surface area contributed by atoms with E-state index in [9.17, 15) is 10.1 Å². The molecule has 1 N–H and O–H groups in total. The van der Waals surface area contributed by atoms with Gasteiger partial charge >= 0.3 is 0 Å². The summed E-state index contributed by atoms with van der Waals surface area (Å²) in [4.78, 5) is 12.7. The van der Waals surface area contributed by atoms with Crippen molar-refractivity contribution in [1.29, 1.82) is 0 Å². The molecular formula is C13H18ClN3O2. The van der Waals surface area contributed by atoms with Crippen molar-refractivity contribution in [3.63, 3.8) is 0 Å². The fraction of sp³-hybridized carbons (Fsp3) is 0.538. The third kappa shape index (κ3) is 3.65. The molecule has 1 aliphatic heterocycles. The Bertz CT molecular complexity index is 461. The minimum absolute atomic E-state index is 0.0159. The molecule has 0 atom stereocenters. The van der Waals surface area contributed by atoms with Gasteiger partial charge in [-0.1, -0.05) is 17.7 Å². The van der Waals surface area contributed by atoms with Gasteiger partial charge in [0.15, 0.2) is 0 Å². The smallest absolute Gasteiger partial charge is 0.288 e. The molecule has 2 rings (SSSR count). The molecular weight excluding hydrogens is 266 g/mol. The molecule has 0 spiro atoms. The van der Waals surface area contributed by atoms with Crippen LogP contribution in [0.4, 0.5) is 5.69 Å². The number of hydrogen-bond donors (Lipinski definition) is 1. The standard InChI is InChI=1S/C13H18ClN3O2/c1-16(11-4-6-15-7-5-11)9-10-2-3-12(14)13(8-10)17(18)19/h2-3,8,11,15H,4-7,9H2,1H3. The normalized spacial score (nSPS) is 16.8. The van der Waals surface area contributed by atoms with Crippen molar-refractivity contribution in [3.8, 4) is 0 Å². The van der Waals surface area contributed by atoms with Gasteiger partial charge in [0, 0.05) is 18.7 Å². The molecule has 5 nitrogen and oxygen atoms in total. The Balaban J connectivity index is 2.05. The average molecular weight is 284 g/mol. The van der Waals surface area contributed by atoms with Crippen LogP contribution in [-0.4, -0.2) is 36.0 Å². The predicted molar refractivity (Wildman–Crippen MR) is 75.5 cm³/mol. The molecule has 19 heavy (non-hydrogen) atoms. The Labute approximate surface area is 117 Å². The van der Waals surface area contributed by atoms with E-state index in [4.69, 9.17) is 11.6 Å². The van der Waals surface area contributed by atoms with Gasteiger partial charge in [-0.3, -0.25) is 15.0 Å². The lowest BCUT2D eigenvalue weighted by Gasteiger charge is -2.31. The largest absolute Gasteiger partial charge is 0.317 e. The van der Waals surface area contributed by atoms with Crippen molar-refractivity contribution >= 4 is 17.3 Å². The first-order valence-electron chi connectivity index (χ1n) is 6.41. The summed E-state index contributed by atoms with van der Waals surface area (Å²) < 4.78 is 0. The van der Waals surface area contributed by atoms with E-state index in [0.717, 1.165) is 31.5 Å². The van der Waals surface area contributed by atoms with Gasteiger partial charge in [0.25, 0.3) is 5.69 Å². The molecule has 1 saturated heterocycles. The number of nitrogens with zero attached hydrogens (tertiary/aromatic N) is 2. The van der Waals surface area contributed by atoms with Crippen LogP contribution in [0.3, 0.4) is 0 Å². The fourth-order valence-electron chi connectivity index (χ4n) is 2.46. The average Bonchev–Trinajstić information content (AvgIpc) is 2.41. The molecule has 6 heteroatoms. The lowest BCUT2D eigenvalue weighted by atomic mass is 10.0. The van der Waals surface area contributed by atoms with Crippen LogP contribution in [0.15, 0.2) is 18.2 Å². The summed E-state index contributed by atoms with van der Waals surface area (Å²) in [7, 11) is 2.07. The third-order valence-corrected chi connectivity index (χ3v) is 3.89. The summed E-state index contributed by atoms with van der Waals surface area (Å²) in [5.41, 5.74) is 0.912. The number of benzene rings is 1. The molecule has 1 heterocycles. The highest BCUT2D eigenvalue weighted by molar-refractivity contribution is 6.32. The molecule has 0 amide bonds. The topological polar surface area (TPSA) is 58.4 Å². The van der Waals surface area contributed by atoms with Crippen LogP contribution in [0.25, 0.3) is 0 Å². The van der Waals surface area contributed by atoms with E-state index in [1.165, 1.54) is 0 Å². The van der Waals surface area contributed by atoms with Crippen LogP contribution in [0.5, 0.6) is 0 Å². The zero-order chi connectivity index (χ0) is 13.8. The van der Waals surface area contributed by atoms with Crippen molar-refractivity contribution in [2.24, 2.45) is 0 Å². The number of nitro groups is 1. The van der Waals surface area contributed by atoms with Crippen LogP contribution < -0.4 is 5.32 Å². The van der Waals surface area contributed by atoms with E-state index in [-0.39, 0.29) is 10.7 Å². The second-order valence-corrected chi connectivity index (χ2v) is 5.35. The number of rotatable bonds is 4. The van der Waals surface area contributed by atoms with Crippen molar-refractivity contribution < 1.29 is 4.92 Å². The Hall–Kier alpha value is -1.17. The maximum atomic E-state index is 10.9. The monoisotopic (exact) mass is 283 g/mol. The highest BCUT2D eigenvalue weighted by atomic mass is 35.5. The fourth-order valence-corrected chi connectivity index (χ4v) is 2.65. The van der Waals surface area contributed by atoms with Crippen molar-refractivity contribution in [2.75, 3.05) is 20.1 Å². The Kier molecular flexibility index (Phi) is 4.74. The number of halogens is 1. The molecule has 0 aromatic heterocycles. The summed E-state index contributed by atoms with van der Waals surface area (Å²) in [5, 5.41) is 14.4. The van der Waals surface area contributed by atoms with E-state index in [2.05, 4.69) is 17.3 Å². The summed E-state index contributed by atoms with van der Waals surface area (Å²) in [6, 6.07) is 5.56. The lowest BCUT2D eigenvalue weighted by molar-refractivity contribution is -0.384. The minimum Gasteiger partial charge on any atom is -0.317 e. The maximum Gasteiger partial charge on any atom is 0.288 e. The summed E-state index contributed by atoms with van der Waals surface area (Å²) in [6.45, 7) is 2.79. The highest BCUT2D eigenvalue weighted by Crippen LogP contribution is 2.26. The van der Waals surface area contributed by atoms with Crippen LogP contribution >= 0.6 is 11.6 Å². The summed E-state index contributed by atoms with van der Waals surface area (Å²) in [5.74, 6) is 0. The zero-order valence-corrected chi connectivity index (χ0v) is 11.7. The Morgan fingerprint density at radius 1 is 1.47 bits per heavy atom. The molecule has 1 aliphatic rings. The molecule has 0 bridgehead atoms. The molecule has 1 fully saturated rings. The summed E-state index contributed by atoms with van der Waals surface area (Å²) >= 11 is 5.81. The molecule has 0 aliphatic carbocycles. The molecule has 0 saturated carbocycles. The number of piperidine rings is 1. The third-order valence-electron chi connectivity index (χ3n) is 3.57. The second kappa shape index (κ2) is 6.32. The van der Waals surface area contributed by atoms with Crippen LogP contribution in [0.1, 0.15) is 18.4 Å². The van der Waals surface area contributed by atoms with Crippen LogP contribution in [-0.2, 0) is 6.54 Å². The van der Waals surface area contributed by atoms with E-state index in [0.29, 0.717) is 12.6 Å². The van der Waals surface area contributed by atoms with Crippen LogP contribution in [0.2, 0.25) is 5.02 Å². The van der Waals surface area contributed by atoms with Gasteiger partial charge in [-0.05, 0) is 44.6 Å². The first-order chi connectivity index (χ1) is 9.08. The van der Waals surface area contributed by atoms with Gasteiger partial charge in [-0.25, -0.2) is 0 Å². The molecule has 104 valence electrons. The summed E-state index contributed by atoms with van der Waals surface area (Å²) in [6.07, 6.45) is 2.23. The first kappa shape index (κ1) is 14.2. The molecule has 1 aromatic rings. The molecule has 0 unspecified atom stereocenters. The SMILES string of the molecule is CN(Cc1ccc(Cl)c([N+](=O)[O-])c1)C1CCNCC1. The van der Waals surface area contributed by atoms with Crippen LogP contribution in [0, 0.1) is 10.1 Å². The van der Waals surface area contributed by atoms with E-state index >= 15 is 0 Å². The van der Waals surface area contributed by atoms with Gasteiger partial charge in [0.2, 0.25) is 0 Å². The number of nitrogens with one attached hydrogen (secondary N) is 1. The Morgan fingerprint density at radius 2 is 2.16 bits per heavy atom. The van der Waals surface area contributed by atoms with E-state index < -0.39 is 4.92 Å². The number of nitro benzene ring substituents is 1. The van der Waals surface area contributed by atoms with Gasteiger partial charge < -0.3 is 5.32 Å². The molecule has 0 radical (unpaired) electrons. The van der Waals surface area contributed by atoms with Gasteiger partial charge in [0.05, 0.1) is 4.92 Å². The number of hydrogen-bond acceptors (Lipinski definition) is 4. The van der Waals surface area contributed by atoms with Crippen molar-refractivity contribution in [3.05, 3.63) is 38.9 Å². The highest BCUT2D eigenvalue weighted by Gasteiger charge is 2.19. The van der Waals surface area contributed by atoms with E-state index in [1.54, 1.807) is 12.1 Å². The Morgan fingerprint density at radius 3 is 2.79 bits per heavy atom. The molecule has 1 aromatic carbocycles.